The van der Waals surface area contributed by atoms with Gasteiger partial charge in [0.05, 0.1) is 12.2 Å². The lowest BCUT2D eigenvalue weighted by molar-refractivity contribution is 0.0783. The van der Waals surface area contributed by atoms with Crippen LogP contribution in [0.3, 0.4) is 0 Å². The molecule has 2 rings (SSSR count). The summed E-state index contributed by atoms with van der Waals surface area (Å²) in [6, 6.07) is 11.0. The molecule has 1 aromatic carbocycles. The van der Waals surface area contributed by atoms with Gasteiger partial charge < -0.3 is 9.64 Å². The summed E-state index contributed by atoms with van der Waals surface area (Å²) < 4.78 is 5.57. The number of para-hydroxylation sites is 1. The zero-order valence-corrected chi connectivity index (χ0v) is 12.8. The second kappa shape index (κ2) is 7.09. The predicted molar refractivity (Wildman–Crippen MR) is 82.7 cm³/mol. The lowest BCUT2D eigenvalue weighted by Gasteiger charge is -2.19. The van der Waals surface area contributed by atoms with Crippen LogP contribution in [0.1, 0.15) is 22.8 Å². The van der Waals surface area contributed by atoms with Gasteiger partial charge in [0, 0.05) is 25.4 Å². The van der Waals surface area contributed by atoms with Gasteiger partial charge in [0.25, 0.3) is 5.91 Å². The van der Waals surface area contributed by atoms with Crippen LogP contribution in [0.15, 0.2) is 42.6 Å². The average Bonchev–Trinajstić information content (AvgIpc) is 2.49. The van der Waals surface area contributed by atoms with E-state index >= 15 is 0 Å². The standard InChI is InChI=1S/C16H17ClN2O2/c1-3-21-14-7-5-4-6-13(14)11-19(2)16(20)12-8-9-15(17)18-10-12/h4-10H,3,11H2,1-2H3. The first kappa shape index (κ1) is 15.3. The number of carbonyl (C=O) groups excluding carboxylic acids is 1. The minimum Gasteiger partial charge on any atom is -0.494 e. The maximum absolute atomic E-state index is 12.3. The Morgan fingerprint density at radius 1 is 1.29 bits per heavy atom. The molecule has 0 N–H and O–H groups in total. The van der Waals surface area contributed by atoms with Gasteiger partial charge in [0.15, 0.2) is 0 Å². The molecule has 0 radical (unpaired) electrons. The molecule has 110 valence electrons. The Labute approximate surface area is 129 Å². The highest BCUT2D eigenvalue weighted by Gasteiger charge is 2.14. The number of rotatable bonds is 5. The molecular weight excluding hydrogens is 288 g/mol. The zero-order chi connectivity index (χ0) is 15.2. The predicted octanol–water partition coefficient (Wildman–Crippen LogP) is 3.41. The molecule has 0 saturated carbocycles. The fraction of sp³-hybridized carbons (Fsp3) is 0.250. The first-order chi connectivity index (χ1) is 10.1. The molecule has 0 aliphatic rings. The summed E-state index contributed by atoms with van der Waals surface area (Å²) in [6.45, 7) is 3.00. The first-order valence-electron chi connectivity index (χ1n) is 6.69. The molecule has 1 aromatic heterocycles. The smallest absolute Gasteiger partial charge is 0.255 e. The monoisotopic (exact) mass is 304 g/mol. The van der Waals surface area contributed by atoms with Crippen molar-refractivity contribution in [3.63, 3.8) is 0 Å². The quantitative estimate of drug-likeness (QED) is 0.795. The third kappa shape index (κ3) is 3.95. The van der Waals surface area contributed by atoms with Crippen LogP contribution >= 0.6 is 11.6 Å². The summed E-state index contributed by atoms with van der Waals surface area (Å²) >= 11 is 5.73. The SMILES string of the molecule is CCOc1ccccc1CN(C)C(=O)c1ccc(Cl)nc1. The van der Waals surface area contributed by atoms with E-state index in [9.17, 15) is 4.79 Å². The van der Waals surface area contributed by atoms with Gasteiger partial charge in [0.1, 0.15) is 10.9 Å². The highest BCUT2D eigenvalue weighted by molar-refractivity contribution is 6.29. The molecule has 4 nitrogen and oxygen atoms in total. The summed E-state index contributed by atoms with van der Waals surface area (Å²) in [5.74, 6) is 0.694. The number of ether oxygens (including phenoxy) is 1. The number of benzene rings is 1. The van der Waals surface area contributed by atoms with Gasteiger partial charge in [-0.3, -0.25) is 4.79 Å². The molecular formula is C16H17ClN2O2. The summed E-state index contributed by atoms with van der Waals surface area (Å²) in [7, 11) is 1.75. The molecule has 0 spiro atoms. The largest absolute Gasteiger partial charge is 0.494 e. The van der Waals surface area contributed by atoms with Gasteiger partial charge in [-0.1, -0.05) is 29.8 Å². The van der Waals surface area contributed by atoms with E-state index in [0.29, 0.717) is 23.9 Å². The number of hydrogen-bond donors (Lipinski definition) is 0. The van der Waals surface area contributed by atoms with Crippen molar-refractivity contribution < 1.29 is 9.53 Å². The highest BCUT2D eigenvalue weighted by Crippen LogP contribution is 2.20. The van der Waals surface area contributed by atoms with Crippen molar-refractivity contribution in [2.75, 3.05) is 13.7 Å². The Kier molecular flexibility index (Phi) is 5.17. The van der Waals surface area contributed by atoms with E-state index in [0.717, 1.165) is 11.3 Å². The van der Waals surface area contributed by atoms with E-state index in [4.69, 9.17) is 16.3 Å². The molecule has 0 atom stereocenters. The van der Waals surface area contributed by atoms with Crippen molar-refractivity contribution in [2.45, 2.75) is 13.5 Å². The van der Waals surface area contributed by atoms with Crippen LogP contribution in [-0.2, 0) is 6.54 Å². The van der Waals surface area contributed by atoms with Crippen LogP contribution in [0, 0.1) is 0 Å². The topological polar surface area (TPSA) is 42.4 Å². The van der Waals surface area contributed by atoms with E-state index in [-0.39, 0.29) is 5.91 Å². The van der Waals surface area contributed by atoms with E-state index in [1.54, 1.807) is 24.1 Å². The van der Waals surface area contributed by atoms with Crippen molar-refractivity contribution >= 4 is 17.5 Å². The molecule has 0 unspecified atom stereocenters. The Morgan fingerprint density at radius 3 is 2.71 bits per heavy atom. The van der Waals surface area contributed by atoms with Crippen LogP contribution in [0.5, 0.6) is 5.75 Å². The Morgan fingerprint density at radius 2 is 2.05 bits per heavy atom. The van der Waals surface area contributed by atoms with Crippen LogP contribution in [0.4, 0.5) is 0 Å². The molecule has 0 saturated heterocycles. The Bertz CT molecular complexity index is 614. The number of pyridine rings is 1. The van der Waals surface area contributed by atoms with Crippen molar-refractivity contribution in [3.05, 3.63) is 58.9 Å². The molecule has 0 bridgehead atoms. The third-order valence-electron chi connectivity index (χ3n) is 3.00. The fourth-order valence-electron chi connectivity index (χ4n) is 1.98. The summed E-state index contributed by atoms with van der Waals surface area (Å²) in [4.78, 5) is 17.9. The first-order valence-corrected chi connectivity index (χ1v) is 7.07. The van der Waals surface area contributed by atoms with Crippen LogP contribution in [0.2, 0.25) is 5.15 Å². The molecule has 0 aliphatic carbocycles. The third-order valence-corrected chi connectivity index (χ3v) is 3.22. The van der Waals surface area contributed by atoms with E-state index in [2.05, 4.69) is 4.98 Å². The fourth-order valence-corrected chi connectivity index (χ4v) is 2.09. The minimum atomic E-state index is -0.106. The van der Waals surface area contributed by atoms with Gasteiger partial charge in [-0.25, -0.2) is 4.98 Å². The van der Waals surface area contributed by atoms with E-state index in [1.165, 1.54) is 6.20 Å². The molecule has 2 aromatic rings. The number of carbonyl (C=O) groups is 1. The average molecular weight is 305 g/mol. The normalized spacial score (nSPS) is 10.2. The van der Waals surface area contributed by atoms with Gasteiger partial charge >= 0.3 is 0 Å². The molecule has 0 aliphatic heterocycles. The molecule has 5 heteroatoms. The molecule has 21 heavy (non-hydrogen) atoms. The van der Waals surface area contributed by atoms with E-state index < -0.39 is 0 Å². The molecule has 1 heterocycles. The number of hydrogen-bond acceptors (Lipinski definition) is 3. The number of nitrogens with zero attached hydrogens (tertiary/aromatic N) is 2. The Hall–Kier alpha value is -2.07. The van der Waals surface area contributed by atoms with E-state index in [1.807, 2.05) is 31.2 Å². The zero-order valence-electron chi connectivity index (χ0n) is 12.0. The number of halogens is 1. The minimum absolute atomic E-state index is 0.106. The maximum atomic E-state index is 12.3. The van der Waals surface area contributed by atoms with Gasteiger partial charge in [0.2, 0.25) is 0 Å². The van der Waals surface area contributed by atoms with Crippen molar-refractivity contribution in [1.29, 1.82) is 0 Å². The lowest BCUT2D eigenvalue weighted by atomic mass is 10.1. The highest BCUT2D eigenvalue weighted by atomic mass is 35.5. The van der Waals surface area contributed by atoms with Crippen LogP contribution < -0.4 is 4.74 Å². The summed E-state index contributed by atoms with van der Waals surface area (Å²) in [5, 5.41) is 0.371. The molecule has 0 fully saturated rings. The van der Waals surface area contributed by atoms with Gasteiger partial charge in [-0.15, -0.1) is 0 Å². The lowest BCUT2D eigenvalue weighted by Crippen LogP contribution is -2.26. The van der Waals surface area contributed by atoms with Crippen LogP contribution in [0.25, 0.3) is 0 Å². The summed E-state index contributed by atoms with van der Waals surface area (Å²) in [5.41, 5.74) is 1.48. The van der Waals surface area contributed by atoms with Crippen LogP contribution in [-0.4, -0.2) is 29.4 Å². The molecule has 1 amide bonds. The van der Waals surface area contributed by atoms with Gasteiger partial charge in [-0.2, -0.15) is 0 Å². The van der Waals surface area contributed by atoms with Gasteiger partial charge in [-0.05, 0) is 25.1 Å². The Balaban J connectivity index is 2.12. The van der Waals surface area contributed by atoms with Crippen molar-refractivity contribution in [3.8, 4) is 5.75 Å². The maximum Gasteiger partial charge on any atom is 0.255 e. The van der Waals surface area contributed by atoms with Crippen molar-refractivity contribution in [2.24, 2.45) is 0 Å². The number of amides is 1. The number of aromatic nitrogens is 1. The van der Waals surface area contributed by atoms with Crippen molar-refractivity contribution in [1.82, 2.24) is 9.88 Å². The summed E-state index contributed by atoms with van der Waals surface area (Å²) in [6.07, 6.45) is 1.48. The second-order valence-electron chi connectivity index (χ2n) is 4.57. The second-order valence-corrected chi connectivity index (χ2v) is 4.96.